The maximum atomic E-state index is 14.0. The highest BCUT2D eigenvalue weighted by molar-refractivity contribution is 5.97. The lowest BCUT2D eigenvalue weighted by atomic mass is 9.92. The molecule has 3 rings (SSSR count). The van der Waals surface area contributed by atoms with Crippen LogP contribution in [0.1, 0.15) is 54.0 Å². The first-order chi connectivity index (χ1) is 14.7. The lowest BCUT2D eigenvalue weighted by Gasteiger charge is -2.16. The van der Waals surface area contributed by atoms with E-state index in [1.807, 2.05) is 6.92 Å². The molecule has 1 N–H and O–H groups in total. The predicted octanol–water partition coefficient (Wildman–Crippen LogP) is 5.04. The number of imidazole rings is 1. The van der Waals surface area contributed by atoms with Gasteiger partial charge < -0.3 is 9.84 Å². The molecule has 0 radical (unpaired) electrons. The molecule has 5 nitrogen and oxygen atoms in total. The summed E-state index contributed by atoms with van der Waals surface area (Å²) in [6, 6.07) is 5.38. The van der Waals surface area contributed by atoms with Gasteiger partial charge in [0.05, 0.1) is 11.3 Å². The summed E-state index contributed by atoms with van der Waals surface area (Å²) in [7, 11) is 0. The highest BCUT2D eigenvalue weighted by Crippen LogP contribution is 2.27. The molecule has 166 valence electrons. The monoisotopic (exact) mass is 430 g/mol. The molecule has 0 fully saturated rings. The molecule has 0 unspecified atom stereocenters. The molecule has 1 atom stereocenters. The first-order valence-electron chi connectivity index (χ1n) is 10.4. The summed E-state index contributed by atoms with van der Waals surface area (Å²) in [4.78, 5) is 17.6. The average molecular weight is 430 g/mol. The second-order valence-electron chi connectivity index (χ2n) is 8.42. The van der Waals surface area contributed by atoms with Crippen molar-refractivity contribution in [1.82, 2.24) is 9.38 Å². The number of aryl methyl sites for hydroxylation is 2. The van der Waals surface area contributed by atoms with Gasteiger partial charge in [-0.15, -0.1) is 0 Å². The third kappa shape index (κ3) is 5.10. The molecule has 2 heterocycles. The molecular formula is C24H28F2N2O3. The number of halogens is 2. The Kier molecular flexibility index (Phi) is 7.05. The number of Topliss-reactive ketones (excluding diaryl/α,β-unsaturated/α-hetero) is 1. The van der Waals surface area contributed by atoms with E-state index in [1.54, 1.807) is 23.6 Å². The minimum atomic E-state index is -0.681. The Morgan fingerprint density at radius 2 is 1.90 bits per heavy atom. The molecule has 0 aliphatic rings. The Labute approximate surface area is 180 Å². The highest BCUT2D eigenvalue weighted by atomic mass is 19.1. The Hall–Kier alpha value is -2.80. The van der Waals surface area contributed by atoms with Gasteiger partial charge in [0, 0.05) is 19.2 Å². The maximum Gasteiger partial charge on any atom is 0.181 e. The zero-order valence-corrected chi connectivity index (χ0v) is 18.3. The van der Waals surface area contributed by atoms with Crippen LogP contribution in [0, 0.1) is 37.3 Å². The lowest BCUT2D eigenvalue weighted by Crippen LogP contribution is -2.16. The van der Waals surface area contributed by atoms with E-state index in [9.17, 15) is 18.7 Å². The maximum absolute atomic E-state index is 14.0. The minimum absolute atomic E-state index is 0.0543. The number of nitrogens with zero attached hydrogens (tertiary/aromatic N) is 2. The molecule has 7 heteroatoms. The van der Waals surface area contributed by atoms with Crippen molar-refractivity contribution in [3.8, 4) is 5.75 Å². The van der Waals surface area contributed by atoms with Crippen molar-refractivity contribution in [2.45, 2.75) is 47.1 Å². The number of pyridine rings is 1. The summed E-state index contributed by atoms with van der Waals surface area (Å²) in [6.45, 7) is 7.34. The number of hydrogen-bond acceptors (Lipinski definition) is 4. The molecule has 0 saturated heterocycles. The first kappa shape index (κ1) is 22.9. The van der Waals surface area contributed by atoms with Crippen LogP contribution in [0.15, 0.2) is 30.5 Å². The van der Waals surface area contributed by atoms with E-state index < -0.39 is 11.6 Å². The second-order valence-corrected chi connectivity index (χ2v) is 8.42. The molecule has 0 saturated carbocycles. The van der Waals surface area contributed by atoms with Gasteiger partial charge in [0.2, 0.25) is 0 Å². The van der Waals surface area contributed by atoms with Gasteiger partial charge in [0.25, 0.3) is 0 Å². The molecule has 0 aliphatic carbocycles. The third-order valence-corrected chi connectivity index (χ3v) is 5.23. The van der Waals surface area contributed by atoms with Gasteiger partial charge in [-0.1, -0.05) is 19.9 Å². The zero-order chi connectivity index (χ0) is 22.7. The van der Waals surface area contributed by atoms with Crippen molar-refractivity contribution >= 4 is 11.4 Å². The fraction of sp³-hybridized carbons (Fsp3) is 0.417. The number of rotatable bonds is 9. The van der Waals surface area contributed by atoms with E-state index in [0.29, 0.717) is 28.7 Å². The average Bonchev–Trinajstić information content (AvgIpc) is 3.02. The molecule has 1 aromatic carbocycles. The quantitative estimate of drug-likeness (QED) is 0.483. The summed E-state index contributed by atoms with van der Waals surface area (Å²) in [5, 5.41) is 9.66. The Morgan fingerprint density at radius 3 is 2.52 bits per heavy atom. The molecule has 31 heavy (non-hydrogen) atoms. The molecule has 2 aromatic heterocycles. The number of carbonyl (C=O) groups is 1. The number of hydrogen-bond donors (Lipinski definition) is 1. The number of ether oxygens (including phenoxy) is 1. The van der Waals surface area contributed by atoms with Gasteiger partial charge in [-0.2, -0.15) is 0 Å². The van der Waals surface area contributed by atoms with Gasteiger partial charge in [-0.05, 0) is 55.9 Å². The second kappa shape index (κ2) is 9.56. The number of aliphatic hydroxyl groups is 1. The van der Waals surface area contributed by atoms with Crippen LogP contribution in [0.3, 0.4) is 0 Å². The fourth-order valence-electron chi connectivity index (χ4n) is 3.87. The van der Waals surface area contributed by atoms with Crippen molar-refractivity contribution in [2.24, 2.45) is 11.8 Å². The Bertz CT molecular complexity index is 1070. The number of fused-ring (bicyclic) bond motifs is 1. The number of ketones is 1. The highest BCUT2D eigenvalue weighted by Gasteiger charge is 2.23. The van der Waals surface area contributed by atoms with Crippen molar-refractivity contribution in [1.29, 1.82) is 0 Å². The van der Waals surface area contributed by atoms with Crippen molar-refractivity contribution in [2.75, 3.05) is 6.61 Å². The smallest absolute Gasteiger partial charge is 0.181 e. The van der Waals surface area contributed by atoms with Crippen LogP contribution in [-0.4, -0.2) is 26.9 Å². The van der Waals surface area contributed by atoms with Crippen LogP contribution in [0.2, 0.25) is 0 Å². The summed E-state index contributed by atoms with van der Waals surface area (Å²) in [5.41, 5.74) is 2.03. The number of carbonyl (C=O) groups excluding carboxylic acids is 1. The van der Waals surface area contributed by atoms with Crippen LogP contribution in [0.25, 0.3) is 5.65 Å². The first-order valence-corrected chi connectivity index (χ1v) is 10.4. The van der Waals surface area contributed by atoms with Gasteiger partial charge in [-0.3, -0.25) is 9.20 Å². The summed E-state index contributed by atoms with van der Waals surface area (Å²) >= 11 is 0. The lowest BCUT2D eigenvalue weighted by molar-refractivity contribution is 0.0918. The van der Waals surface area contributed by atoms with Gasteiger partial charge in [0.1, 0.15) is 23.9 Å². The van der Waals surface area contributed by atoms with E-state index >= 15 is 0 Å². The summed E-state index contributed by atoms with van der Waals surface area (Å²) in [6.07, 6.45) is 2.75. The van der Waals surface area contributed by atoms with Crippen LogP contribution in [0.5, 0.6) is 5.75 Å². The van der Waals surface area contributed by atoms with Gasteiger partial charge >= 0.3 is 0 Å². The van der Waals surface area contributed by atoms with E-state index in [2.05, 4.69) is 18.8 Å². The molecule has 0 spiro atoms. The number of aromatic nitrogens is 2. The summed E-state index contributed by atoms with van der Waals surface area (Å²) < 4.78 is 35.3. The minimum Gasteiger partial charge on any atom is -0.485 e. The van der Waals surface area contributed by atoms with Crippen LogP contribution in [0.4, 0.5) is 8.78 Å². The molecule has 0 bridgehead atoms. The van der Waals surface area contributed by atoms with Crippen molar-refractivity contribution in [3.05, 3.63) is 64.6 Å². The zero-order valence-electron chi connectivity index (χ0n) is 18.3. The topological polar surface area (TPSA) is 63.8 Å². The SMILES string of the molecule is Cc1cc(OCc2c(F)cccc2F)c2nc(C)c(C(=O)C[C@@H](CO)CC(C)C)n2c1. The van der Waals surface area contributed by atoms with E-state index in [1.165, 1.54) is 18.2 Å². The van der Waals surface area contributed by atoms with Crippen LogP contribution < -0.4 is 4.74 Å². The Balaban J connectivity index is 1.93. The van der Waals surface area contributed by atoms with Crippen molar-refractivity contribution < 1.29 is 23.4 Å². The van der Waals surface area contributed by atoms with E-state index in [0.717, 1.165) is 12.0 Å². The largest absolute Gasteiger partial charge is 0.485 e. The van der Waals surface area contributed by atoms with Crippen LogP contribution in [-0.2, 0) is 6.61 Å². The molecule has 0 aliphatic heterocycles. The third-order valence-electron chi connectivity index (χ3n) is 5.23. The molecule has 0 amide bonds. The van der Waals surface area contributed by atoms with E-state index in [4.69, 9.17) is 4.74 Å². The van der Waals surface area contributed by atoms with Gasteiger partial charge in [0.15, 0.2) is 17.2 Å². The normalized spacial score (nSPS) is 12.5. The van der Waals surface area contributed by atoms with Crippen LogP contribution >= 0.6 is 0 Å². The predicted molar refractivity (Wildman–Crippen MR) is 114 cm³/mol. The summed E-state index contributed by atoms with van der Waals surface area (Å²) in [5.74, 6) is -0.887. The van der Waals surface area contributed by atoms with Crippen molar-refractivity contribution in [3.63, 3.8) is 0 Å². The fourth-order valence-corrected chi connectivity index (χ4v) is 3.87. The van der Waals surface area contributed by atoms with E-state index in [-0.39, 0.29) is 36.9 Å². The van der Waals surface area contributed by atoms with Gasteiger partial charge in [-0.25, -0.2) is 13.8 Å². The molecular weight excluding hydrogens is 402 g/mol. The standard InChI is InChI=1S/C24H28F2N2O3/c1-14(2)8-17(12-29)10-21(30)23-16(4)27-24-22(9-15(3)11-28(23)24)31-13-18-19(25)6-5-7-20(18)26/h5-7,9,11,14,17,29H,8,10,12-13H2,1-4H3/t17-/m0/s1. The Morgan fingerprint density at radius 1 is 1.23 bits per heavy atom. The number of benzene rings is 1. The molecule has 3 aromatic rings. The number of aliphatic hydroxyl groups excluding tert-OH is 1.